The van der Waals surface area contributed by atoms with Gasteiger partial charge in [-0.1, -0.05) is 29.8 Å². The van der Waals surface area contributed by atoms with E-state index in [-0.39, 0.29) is 24.0 Å². The van der Waals surface area contributed by atoms with E-state index in [0.29, 0.717) is 0 Å². The molecule has 0 aliphatic carbocycles. The van der Waals surface area contributed by atoms with Gasteiger partial charge in [-0.2, -0.15) is 0 Å². The zero-order valence-corrected chi connectivity index (χ0v) is 8.18. The molecule has 1 rings (SSSR count). The Balaban J connectivity index is 0.000000640. The molecule has 0 nitrogen and oxygen atoms in total. The number of aryl methyl sites for hydroxylation is 1. The topological polar surface area (TPSA) is 0 Å². The van der Waals surface area contributed by atoms with Crippen molar-refractivity contribution in [3.63, 3.8) is 0 Å². The number of rotatable bonds is 0. The smallest absolute Gasteiger partial charge is 0.0435 e. The van der Waals surface area contributed by atoms with Crippen LogP contribution in [0.2, 0.25) is 5.02 Å². The van der Waals surface area contributed by atoms with Crippen molar-refractivity contribution in [1.29, 1.82) is 0 Å². The van der Waals surface area contributed by atoms with Crippen LogP contribution in [0.5, 0.6) is 0 Å². The van der Waals surface area contributed by atoms with Crippen LogP contribution in [0.1, 0.15) is 5.56 Å². The van der Waals surface area contributed by atoms with Crippen LogP contribution in [-0.2, 0) is 0 Å². The van der Waals surface area contributed by atoms with E-state index in [4.69, 9.17) is 11.6 Å². The summed E-state index contributed by atoms with van der Waals surface area (Å²) in [5.74, 6) is 0. The second-order valence-corrected chi connectivity index (χ2v) is 2.16. The summed E-state index contributed by atoms with van der Waals surface area (Å²) in [5, 5.41) is 0.840. The Bertz CT molecular complexity index is 165. The van der Waals surface area contributed by atoms with E-state index in [9.17, 15) is 0 Å². The van der Waals surface area contributed by atoms with Crippen molar-refractivity contribution in [1.82, 2.24) is 0 Å². The van der Waals surface area contributed by atoms with Crippen molar-refractivity contribution < 1.29 is 0 Å². The first-order valence-electron chi connectivity index (χ1n) is 2.52. The molecule has 0 aliphatic rings. The number of hydrogen-bond donors (Lipinski definition) is 0. The maximum Gasteiger partial charge on any atom is 0.0435 e. The number of benzene rings is 1. The van der Waals surface area contributed by atoms with Crippen molar-refractivity contribution in [3.05, 3.63) is 34.9 Å². The second-order valence-electron chi connectivity index (χ2n) is 1.75. The van der Waals surface area contributed by atoms with Crippen LogP contribution >= 0.6 is 35.6 Å². The summed E-state index contributed by atoms with van der Waals surface area (Å²) < 4.78 is 0. The summed E-state index contributed by atoms with van der Waals surface area (Å²) in [6.45, 7) is 1.99. The maximum atomic E-state index is 5.71. The van der Waals surface area contributed by atoms with Crippen LogP contribution in [-0.4, -0.2) is 0 Å². The van der Waals surface area contributed by atoms with Gasteiger partial charge in [-0.05, 0) is 18.6 Å². The zero-order valence-electron chi connectivity index (χ0n) is 5.10. The molecule has 1 aromatic carbocycles. The third kappa shape index (κ3) is 2.54. The molecule has 50 valence electrons. The largest absolute Gasteiger partial charge is 0.107 e. The molecule has 0 N–H and O–H groups in total. The Labute approximate surface area is 77.2 Å². The van der Waals surface area contributed by atoms with E-state index in [2.05, 4.69) is 0 Å². The van der Waals surface area contributed by atoms with E-state index in [0.717, 1.165) is 10.6 Å². The first-order chi connectivity index (χ1) is 3.80. The first kappa shape index (κ1) is 9.24. The molecule has 0 heterocycles. The minimum absolute atomic E-state index is 0. The van der Waals surface area contributed by atoms with E-state index in [1.165, 1.54) is 0 Å². The number of hydrogen-bond acceptors (Lipinski definition) is 0. The van der Waals surface area contributed by atoms with Gasteiger partial charge in [0.1, 0.15) is 0 Å². The molecule has 0 aromatic heterocycles. The predicted octanol–water partition coefficient (Wildman–Crippen LogP) is 3.27. The summed E-state index contributed by atoms with van der Waals surface area (Å²) in [7, 11) is 0. The molecular weight excluding hydrogens is 246 g/mol. The second kappa shape index (κ2) is 4.12. The molecule has 0 saturated carbocycles. The Morgan fingerprint density at radius 2 is 1.78 bits per heavy atom. The highest BCUT2D eigenvalue weighted by molar-refractivity contribution is 14.0. The first-order valence-corrected chi connectivity index (χ1v) is 2.89. The molecule has 2 heteroatoms. The van der Waals surface area contributed by atoms with Gasteiger partial charge in [-0.15, -0.1) is 24.0 Å². The van der Waals surface area contributed by atoms with Crippen molar-refractivity contribution in [2.24, 2.45) is 0 Å². The van der Waals surface area contributed by atoms with Crippen LogP contribution in [0.15, 0.2) is 24.3 Å². The SMILES string of the molecule is Cc1ccccc1Cl.I. The molecule has 0 atom stereocenters. The zero-order chi connectivity index (χ0) is 5.98. The minimum Gasteiger partial charge on any atom is -0.107 e. The molecule has 9 heavy (non-hydrogen) atoms. The molecule has 1 aromatic rings. The molecule has 0 fully saturated rings. The highest BCUT2D eigenvalue weighted by Crippen LogP contribution is 2.11. The van der Waals surface area contributed by atoms with Crippen LogP contribution < -0.4 is 0 Å². The third-order valence-electron chi connectivity index (χ3n) is 1.08. The molecule has 0 bridgehead atoms. The summed E-state index contributed by atoms with van der Waals surface area (Å²) in [6.07, 6.45) is 0. The predicted molar refractivity (Wildman–Crippen MR) is 51.6 cm³/mol. The number of halogens is 2. The maximum absolute atomic E-state index is 5.71. The Hall–Kier alpha value is 0.240. The molecule has 0 saturated heterocycles. The van der Waals surface area contributed by atoms with Crippen molar-refractivity contribution >= 4 is 35.6 Å². The highest BCUT2D eigenvalue weighted by Gasteiger charge is 1.86. The standard InChI is InChI=1S/C7H7Cl.HI/c1-6-4-2-3-5-7(6)8;/h2-5H,1H3;1H. The highest BCUT2D eigenvalue weighted by atomic mass is 127. The van der Waals surface area contributed by atoms with Crippen molar-refractivity contribution in [2.45, 2.75) is 6.92 Å². The van der Waals surface area contributed by atoms with E-state index in [1.54, 1.807) is 0 Å². The lowest BCUT2D eigenvalue weighted by molar-refractivity contribution is 1.47. The third-order valence-corrected chi connectivity index (χ3v) is 1.50. The fourth-order valence-corrected chi connectivity index (χ4v) is 0.687. The molecule has 0 aliphatic heterocycles. The lowest BCUT2D eigenvalue weighted by atomic mass is 10.2. The van der Waals surface area contributed by atoms with E-state index >= 15 is 0 Å². The van der Waals surface area contributed by atoms with Crippen molar-refractivity contribution in [3.8, 4) is 0 Å². The van der Waals surface area contributed by atoms with E-state index in [1.807, 2.05) is 31.2 Å². The molecule has 0 radical (unpaired) electrons. The van der Waals surface area contributed by atoms with Gasteiger partial charge in [0.2, 0.25) is 0 Å². The molecule has 0 spiro atoms. The van der Waals surface area contributed by atoms with Crippen molar-refractivity contribution in [2.75, 3.05) is 0 Å². The van der Waals surface area contributed by atoms with Crippen LogP contribution in [0.3, 0.4) is 0 Å². The fraction of sp³-hybridized carbons (Fsp3) is 0.143. The van der Waals surface area contributed by atoms with Gasteiger partial charge in [0, 0.05) is 5.02 Å². The summed E-state index contributed by atoms with van der Waals surface area (Å²) >= 11 is 5.71. The van der Waals surface area contributed by atoms with Gasteiger partial charge >= 0.3 is 0 Å². The average molecular weight is 254 g/mol. The quantitative estimate of drug-likeness (QED) is 0.623. The molecule has 0 unspecified atom stereocenters. The van der Waals surface area contributed by atoms with Gasteiger partial charge in [0.05, 0.1) is 0 Å². The lowest BCUT2D eigenvalue weighted by Gasteiger charge is -1.90. The summed E-state index contributed by atoms with van der Waals surface area (Å²) in [4.78, 5) is 0. The lowest BCUT2D eigenvalue weighted by Crippen LogP contribution is -1.68. The van der Waals surface area contributed by atoms with Crippen LogP contribution in [0.25, 0.3) is 0 Å². The van der Waals surface area contributed by atoms with Gasteiger partial charge < -0.3 is 0 Å². The van der Waals surface area contributed by atoms with E-state index < -0.39 is 0 Å². The van der Waals surface area contributed by atoms with Gasteiger partial charge in [0.15, 0.2) is 0 Å². The molecular formula is C7H8ClI. The monoisotopic (exact) mass is 254 g/mol. The van der Waals surface area contributed by atoms with Gasteiger partial charge in [0.25, 0.3) is 0 Å². The summed E-state index contributed by atoms with van der Waals surface area (Å²) in [5.41, 5.74) is 1.13. The normalized spacial score (nSPS) is 8.22. The minimum atomic E-state index is 0. The molecule has 0 amide bonds. The summed E-state index contributed by atoms with van der Waals surface area (Å²) in [6, 6.07) is 7.77. The van der Waals surface area contributed by atoms with Crippen LogP contribution in [0.4, 0.5) is 0 Å². The Morgan fingerprint density at radius 3 is 2.11 bits per heavy atom. The van der Waals surface area contributed by atoms with Gasteiger partial charge in [-0.25, -0.2) is 0 Å². The Morgan fingerprint density at radius 1 is 1.22 bits per heavy atom. The average Bonchev–Trinajstić information content (AvgIpc) is 1.77. The van der Waals surface area contributed by atoms with Crippen LogP contribution in [0, 0.1) is 6.92 Å². The Kier molecular flexibility index (Phi) is 4.23. The van der Waals surface area contributed by atoms with Gasteiger partial charge in [-0.3, -0.25) is 0 Å². The fourth-order valence-electron chi connectivity index (χ4n) is 0.551.